The van der Waals surface area contributed by atoms with Gasteiger partial charge in [-0.15, -0.1) is 0 Å². The molecule has 25 heavy (non-hydrogen) atoms. The van der Waals surface area contributed by atoms with Crippen molar-refractivity contribution in [2.75, 3.05) is 6.54 Å². The quantitative estimate of drug-likeness (QED) is 0.850. The summed E-state index contributed by atoms with van der Waals surface area (Å²) in [5.41, 5.74) is 3.53. The van der Waals surface area contributed by atoms with Crippen molar-refractivity contribution in [2.45, 2.75) is 38.0 Å². The van der Waals surface area contributed by atoms with E-state index in [4.69, 9.17) is 0 Å². The first-order valence-corrected chi connectivity index (χ1v) is 8.57. The molecule has 1 saturated carbocycles. The van der Waals surface area contributed by atoms with E-state index in [1.54, 1.807) is 12.1 Å². The summed E-state index contributed by atoms with van der Waals surface area (Å²) >= 11 is 0. The molecule has 0 spiro atoms. The van der Waals surface area contributed by atoms with Crippen molar-refractivity contribution in [3.63, 3.8) is 0 Å². The molecule has 1 aliphatic carbocycles. The monoisotopic (exact) mass is 337 g/mol. The molecule has 1 atom stereocenters. The third-order valence-electron chi connectivity index (χ3n) is 4.93. The predicted molar refractivity (Wildman–Crippen MR) is 96.7 cm³/mol. The SMILES string of the molecule is Cc1cc(C)cc(C2(C(=O)NCC(C(=O)O)c3ccccc3)CC2)c1. The van der Waals surface area contributed by atoms with E-state index < -0.39 is 17.3 Å². The number of benzene rings is 2. The van der Waals surface area contributed by atoms with Gasteiger partial charge < -0.3 is 10.4 Å². The van der Waals surface area contributed by atoms with Gasteiger partial charge in [-0.25, -0.2) is 0 Å². The molecule has 1 amide bonds. The predicted octanol–water partition coefficient (Wildman–Crippen LogP) is 3.32. The summed E-state index contributed by atoms with van der Waals surface area (Å²) in [6.07, 6.45) is 1.62. The van der Waals surface area contributed by atoms with Crippen LogP contribution in [0.15, 0.2) is 48.5 Å². The fraction of sp³-hybridized carbons (Fsp3) is 0.333. The summed E-state index contributed by atoms with van der Waals surface area (Å²) in [5.74, 6) is -1.73. The Labute approximate surface area is 147 Å². The van der Waals surface area contributed by atoms with Gasteiger partial charge in [-0.3, -0.25) is 9.59 Å². The zero-order chi connectivity index (χ0) is 18.0. The van der Waals surface area contributed by atoms with E-state index in [0.717, 1.165) is 29.5 Å². The van der Waals surface area contributed by atoms with Gasteiger partial charge in [0.25, 0.3) is 0 Å². The third kappa shape index (κ3) is 3.58. The summed E-state index contributed by atoms with van der Waals surface area (Å²) < 4.78 is 0. The first-order chi connectivity index (χ1) is 11.9. The molecule has 0 aliphatic heterocycles. The van der Waals surface area contributed by atoms with Gasteiger partial charge in [0.15, 0.2) is 0 Å². The van der Waals surface area contributed by atoms with Crippen molar-refractivity contribution in [2.24, 2.45) is 0 Å². The van der Waals surface area contributed by atoms with Crippen molar-refractivity contribution in [3.8, 4) is 0 Å². The van der Waals surface area contributed by atoms with E-state index in [-0.39, 0.29) is 12.5 Å². The van der Waals surface area contributed by atoms with Crippen molar-refractivity contribution in [1.82, 2.24) is 5.32 Å². The maximum absolute atomic E-state index is 12.8. The number of carboxylic acid groups (broad SMARTS) is 1. The summed E-state index contributed by atoms with van der Waals surface area (Å²) in [6.45, 7) is 4.16. The minimum Gasteiger partial charge on any atom is -0.481 e. The number of nitrogens with one attached hydrogen (secondary N) is 1. The first-order valence-electron chi connectivity index (χ1n) is 8.57. The Bertz CT molecular complexity index is 774. The molecular weight excluding hydrogens is 314 g/mol. The smallest absolute Gasteiger partial charge is 0.312 e. The van der Waals surface area contributed by atoms with Crippen LogP contribution >= 0.6 is 0 Å². The van der Waals surface area contributed by atoms with Crippen LogP contribution in [0.5, 0.6) is 0 Å². The Balaban J connectivity index is 1.74. The van der Waals surface area contributed by atoms with Crippen LogP contribution in [0.1, 0.15) is 41.0 Å². The molecule has 0 aromatic heterocycles. The van der Waals surface area contributed by atoms with Crippen LogP contribution in [-0.2, 0) is 15.0 Å². The van der Waals surface area contributed by atoms with Crippen LogP contribution in [0.25, 0.3) is 0 Å². The van der Waals surface area contributed by atoms with Crippen LogP contribution < -0.4 is 5.32 Å². The molecule has 1 fully saturated rings. The largest absolute Gasteiger partial charge is 0.481 e. The molecule has 0 heterocycles. The average Bonchev–Trinajstić information content (AvgIpc) is 3.36. The average molecular weight is 337 g/mol. The number of carbonyl (C=O) groups is 2. The van der Waals surface area contributed by atoms with Crippen molar-refractivity contribution in [1.29, 1.82) is 0 Å². The van der Waals surface area contributed by atoms with E-state index in [1.807, 2.05) is 32.0 Å². The second kappa shape index (κ2) is 6.71. The van der Waals surface area contributed by atoms with Gasteiger partial charge >= 0.3 is 5.97 Å². The van der Waals surface area contributed by atoms with Crippen molar-refractivity contribution < 1.29 is 14.7 Å². The number of aliphatic carboxylic acids is 1. The highest BCUT2D eigenvalue weighted by Crippen LogP contribution is 2.48. The molecule has 2 aromatic rings. The van der Waals surface area contributed by atoms with Crippen LogP contribution in [0, 0.1) is 13.8 Å². The highest BCUT2D eigenvalue weighted by atomic mass is 16.4. The zero-order valence-electron chi connectivity index (χ0n) is 14.6. The number of hydrogen-bond donors (Lipinski definition) is 2. The highest BCUT2D eigenvalue weighted by molar-refractivity contribution is 5.92. The minimum atomic E-state index is -0.928. The maximum Gasteiger partial charge on any atom is 0.312 e. The lowest BCUT2D eigenvalue weighted by Crippen LogP contribution is -2.38. The first kappa shape index (κ1) is 17.2. The maximum atomic E-state index is 12.8. The van der Waals surface area contributed by atoms with Crippen LogP contribution in [0.4, 0.5) is 0 Å². The van der Waals surface area contributed by atoms with Crippen LogP contribution in [0.2, 0.25) is 0 Å². The molecule has 1 unspecified atom stereocenters. The summed E-state index contributed by atoms with van der Waals surface area (Å²) in [6, 6.07) is 15.2. The standard InChI is InChI=1S/C21H23NO3/c1-14-10-15(2)12-17(11-14)21(8-9-21)20(25)22-13-18(19(23)24)16-6-4-3-5-7-16/h3-7,10-12,18H,8-9,13H2,1-2H3,(H,22,25)(H,23,24). The molecule has 0 bridgehead atoms. The number of carboxylic acids is 1. The molecule has 4 heteroatoms. The Morgan fingerprint density at radius 1 is 1.08 bits per heavy atom. The lowest BCUT2D eigenvalue weighted by Gasteiger charge is -2.19. The Morgan fingerprint density at radius 2 is 1.68 bits per heavy atom. The molecule has 3 rings (SSSR count). The Kier molecular flexibility index (Phi) is 4.62. The number of carbonyl (C=O) groups excluding carboxylic acids is 1. The van der Waals surface area contributed by atoms with Gasteiger partial charge in [-0.1, -0.05) is 59.7 Å². The van der Waals surface area contributed by atoms with E-state index in [2.05, 4.69) is 23.5 Å². The molecule has 130 valence electrons. The topological polar surface area (TPSA) is 66.4 Å². The second-order valence-corrected chi connectivity index (χ2v) is 6.97. The second-order valence-electron chi connectivity index (χ2n) is 6.97. The molecule has 2 N–H and O–H groups in total. The summed E-state index contributed by atoms with van der Waals surface area (Å²) in [4.78, 5) is 24.4. The summed E-state index contributed by atoms with van der Waals surface area (Å²) in [5, 5.41) is 12.4. The van der Waals surface area contributed by atoms with Crippen molar-refractivity contribution >= 4 is 11.9 Å². The number of amides is 1. The molecule has 1 aliphatic rings. The zero-order valence-corrected chi connectivity index (χ0v) is 14.6. The lowest BCUT2D eigenvalue weighted by atomic mass is 9.91. The van der Waals surface area contributed by atoms with Gasteiger partial charge in [0.05, 0.1) is 11.3 Å². The fourth-order valence-electron chi connectivity index (χ4n) is 3.42. The van der Waals surface area contributed by atoms with E-state index >= 15 is 0 Å². The normalized spacial score (nSPS) is 16.1. The highest BCUT2D eigenvalue weighted by Gasteiger charge is 2.51. The van der Waals surface area contributed by atoms with Gasteiger partial charge in [-0.2, -0.15) is 0 Å². The molecular formula is C21H23NO3. The number of rotatable bonds is 6. The Morgan fingerprint density at radius 3 is 2.20 bits per heavy atom. The van der Waals surface area contributed by atoms with Gasteiger partial charge in [-0.05, 0) is 37.8 Å². The number of hydrogen-bond acceptors (Lipinski definition) is 2. The van der Waals surface area contributed by atoms with Crippen LogP contribution in [-0.4, -0.2) is 23.5 Å². The van der Waals surface area contributed by atoms with Gasteiger partial charge in [0.1, 0.15) is 0 Å². The Hall–Kier alpha value is -2.62. The van der Waals surface area contributed by atoms with Crippen LogP contribution in [0.3, 0.4) is 0 Å². The van der Waals surface area contributed by atoms with E-state index in [9.17, 15) is 14.7 Å². The lowest BCUT2D eigenvalue weighted by molar-refractivity contribution is -0.138. The molecule has 0 saturated heterocycles. The minimum absolute atomic E-state index is 0.0697. The van der Waals surface area contributed by atoms with Gasteiger partial charge in [0, 0.05) is 6.54 Å². The van der Waals surface area contributed by atoms with E-state index in [0.29, 0.717) is 5.56 Å². The van der Waals surface area contributed by atoms with Crippen molar-refractivity contribution in [3.05, 3.63) is 70.8 Å². The summed E-state index contributed by atoms with van der Waals surface area (Å²) in [7, 11) is 0. The third-order valence-corrected chi connectivity index (χ3v) is 4.93. The molecule has 2 aromatic carbocycles. The number of aryl methyl sites for hydroxylation is 2. The van der Waals surface area contributed by atoms with E-state index in [1.165, 1.54) is 0 Å². The molecule has 4 nitrogen and oxygen atoms in total. The van der Waals surface area contributed by atoms with Gasteiger partial charge in [0.2, 0.25) is 5.91 Å². The molecule has 0 radical (unpaired) electrons. The fourth-order valence-corrected chi connectivity index (χ4v) is 3.42.